The van der Waals surface area contributed by atoms with Gasteiger partial charge in [-0.05, 0) is 127 Å². The van der Waals surface area contributed by atoms with Crippen LogP contribution < -0.4 is 4.90 Å². The highest BCUT2D eigenvalue weighted by atomic mass is 16.3. The van der Waals surface area contributed by atoms with Gasteiger partial charge in [0.1, 0.15) is 11.2 Å². The van der Waals surface area contributed by atoms with Crippen molar-refractivity contribution < 1.29 is 4.42 Å². The predicted octanol–water partition coefficient (Wildman–Crippen LogP) is 17.2. The largest absolute Gasteiger partial charge is 0.456 e. The number of hydrogen-bond acceptors (Lipinski definition) is 2. The molecule has 0 saturated heterocycles. The van der Waals surface area contributed by atoms with Crippen LogP contribution in [0.1, 0.15) is 25.0 Å². The number of benzene rings is 10. The number of anilines is 3. The Morgan fingerprint density at radius 3 is 1.71 bits per heavy atom. The molecule has 1 heterocycles. The molecule has 1 aromatic heterocycles. The minimum Gasteiger partial charge on any atom is -0.456 e. The molecule has 0 amide bonds. The van der Waals surface area contributed by atoms with Crippen molar-refractivity contribution in [3.63, 3.8) is 0 Å². The third kappa shape index (κ3) is 6.09. The van der Waals surface area contributed by atoms with Gasteiger partial charge >= 0.3 is 0 Å². The fourth-order valence-corrected chi connectivity index (χ4v) is 10.2. The molecule has 0 unspecified atom stereocenters. The second-order valence-electron chi connectivity index (χ2n) is 17.3. The van der Waals surface area contributed by atoms with E-state index in [1.807, 2.05) is 0 Å². The van der Waals surface area contributed by atoms with Crippen LogP contribution in [0.25, 0.3) is 88.3 Å². The van der Waals surface area contributed by atoms with Gasteiger partial charge in [-0.1, -0.05) is 184 Å². The summed E-state index contributed by atoms with van der Waals surface area (Å²) in [5, 5.41) is 4.63. The average Bonchev–Trinajstić information content (AvgIpc) is 3.82. The zero-order valence-electron chi connectivity index (χ0n) is 35.2. The van der Waals surface area contributed by atoms with E-state index in [4.69, 9.17) is 4.42 Å². The van der Waals surface area contributed by atoms with Crippen LogP contribution in [0.15, 0.2) is 229 Å². The molecule has 12 rings (SSSR count). The maximum atomic E-state index is 6.47. The van der Waals surface area contributed by atoms with E-state index >= 15 is 0 Å². The molecule has 10 aromatic carbocycles. The molecule has 1 aliphatic rings. The van der Waals surface area contributed by atoms with E-state index in [9.17, 15) is 0 Å². The molecule has 0 saturated carbocycles. The van der Waals surface area contributed by atoms with Crippen molar-refractivity contribution in [2.24, 2.45) is 0 Å². The van der Waals surface area contributed by atoms with Gasteiger partial charge in [0.2, 0.25) is 0 Å². The number of para-hydroxylation sites is 1. The van der Waals surface area contributed by atoms with Crippen LogP contribution in [0, 0.1) is 0 Å². The van der Waals surface area contributed by atoms with Crippen molar-refractivity contribution in [1.82, 2.24) is 0 Å². The fourth-order valence-electron chi connectivity index (χ4n) is 10.2. The van der Waals surface area contributed by atoms with E-state index in [1.165, 1.54) is 72.1 Å². The van der Waals surface area contributed by atoms with Crippen LogP contribution in [0.3, 0.4) is 0 Å². The van der Waals surface area contributed by atoms with Gasteiger partial charge in [-0.25, -0.2) is 0 Å². The van der Waals surface area contributed by atoms with Gasteiger partial charge in [-0.2, -0.15) is 0 Å². The zero-order chi connectivity index (χ0) is 42.1. The minimum atomic E-state index is -0.221. The first kappa shape index (κ1) is 36.9. The molecule has 63 heavy (non-hydrogen) atoms. The molecule has 0 spiro atoms. The van der Waals surface area contributed by atoms with Gasteiger partial charge in [0.05, 0.1) is 11.4 Å². The van der Waals surface area contributed by atoms with Gasteiger partial charge in [0, 0.05) is 27.4 Å². The summed E-state index contributed by atoms with van der Waals surface area (Å²) in [5.74, 6) is 0. The molecular formula is C61H43NO. The zero-order valence-corrected chi connectivity index (χ0v) is 35.2. The molecule has 298 valence electrons. The normalized spacial score (nSPS) is 12.7. The SMILES string of the molecule is CC1(C)c2ccccc2-c2cccc(N(c3ccc(-c4ccc(-c5ccccc5)c(-c5ccccc5)c4)cc3)c3ccccc3-c3ccc4oc5cc6ccccc6cc5c4c3)c21. The van der Waals surface area contributed by atoms with Crippen molar-refractivity contribution in [3.8, 4) is 55.6 Å². The lowest BCUT2D eigenvalue weighted by Gasteiger charge is -2.33. The quantitative estimate of drug-likeness (QED) is 0.160. The number of rotatable bonds is 7. The second-order valence-corrected chi connectivity index (χ2v) is 17.3. The van der Waals surface area contributed by atoms with E-state index in [2.05, 4.69) is 243 Å². The summed E-state index contributed by atoms with van der Waals surface area (Å²) in [5.41, 5.74) is 19.7. The maximum Gasteiger partial charge on any atom is 0.136 e. The number of furan rings is 1. The Balaban J connectivity index is 1.03. The van der Waals surface area contributed by atoms with Crippen LogP contribution in [0.4, 0.5) is 17.1 Å². The third-order valence-electron chi connectivity index (χ3n) is 13.2. The monoisotopic (exact) mass is 805 g/mol. The van der Waals surface area contributed by atoms with E-state index < -0.39 is 0 Å². The number of fused-ring (bicyclic) bond motifs is 7. The van der Waals surface area contributed by atoms with Crippen molar-refractivity contribution in [1.29, 1.82) is 0 Å². The fraction of sp³-hybridized carbons (Fsp3) is 0.0492. The predicted molar refractivity (Wildman–Crippen MR) is 265 cm³/mol. The topological polar surface area (TPSA) is 16.4 Å². The molecule has 0 bridgehead atoms. The van der Waals surface area contributed by atoms with Crippen LogP contribution in [0.2, 0.25) is 0 Å². The lowest BCUT2D eigenvalue weighted by Crippen LogP contribution is -2.21. The Bertz CT molecular complexity index is 3520. The molecule has 0 radical (unpaired) electrons. The van der Waals surface area contributed by atoms with Crippen LogP contribution in [-0.2, 0) is 5.41 Å². The van der Waals surface area contributed by atoms with E-state index in [1.54, 1.807) is 0 Å². The van der Waals surface area contributed by atoms with E-state index in [0.717, 1.165) is 44.4 Å². The van der Waals surface area contributed by atoms with Gasteiger partial charge < -0.3 is 9.32 Å². The van der Waals surface area contributed by atoms with Gasteiger partial charge in [0.25, 0.3) is 0 Å². The Hall–Kier alpha value is -7.94. The molecule has 0 N–H and O–H groups in total. The summed E-state index contributed by atoms with van der Waals surface area (Å²) in [6, 6.07) is 81.7. The van der Waals surface area contributed by atoms with Crippen LogP contribution >= 0.6 is 0 Å². The Labute approximate surface area is 368 Å². The Morgan fingerprint density at radius 1 is 0.349 bits per heavy atom. The van der Waals surface area contributed by atoms with Crippen LogP contribution in [-0.4, -0.2) is 0 Å². The summed E-state index contributed by atoms with van der Waals surface area (Å²) >= 11 is 0. The molecule has 0 aliphatic heterocycles. The lowest BCUT2D eigenvalue weighted by atomic mass is 9.81. The van der Waals surface area contributed by atoms with Gasteiger partial charge in [-0.3, -0.25) is 0 Å². The van der Waals surface area contributed by atoms with Crippen molar-refractivity contribution in [3.05, 3.63) is 236 Å². The molecule has 11 aromatic rings. The molecule has 0 fully saturated rings. The van der Waals surface area contributed by atoms with E-state index in [-0.39, 0.29) is 5.41 Å². The number of nitrogens with zero attached hydrogens (tertiary/aromatic N) is 1. The number of hydrogen-bond donors (Lipinski definition) is 0. The average molecular weight is 806 g/mol. The standard InChI is InChI=1S/C61H43NO/c1-61(2)55-25-13-11-23-50(55)51-24-15-27-57(60(51)61)62(47-32-28-40(29-33-47)45-30-34-48(41-16-5-3-6-17-41)52(36-45)42-18-7-4-8-19-42)56-26-14-12-22-49(56)46-31-35-58-53(38-46)54-37-43-20-9-10-21-44(43)39-59(54)63-58/h3-39H,1-2H3. The highest BCUT2D eigenvalue weighted by molar-refractivity contribution is 6.11. The molecule has 1 aliphatic carbocycles. The summed E-state index contributed by atoms with van der Waals surface area (Å²) in [6.07, 6.45) is 0. The Kier molecular flexibility index (Phi) is 8.55. The van der Waals surface area contributed by atoms with Crippen molar-refractivity contribution in [2.45, 2.75) is 19.3 Å². The summed E-state index contributed by atoms with van der Waals surface area (Å²) in [4.78, 5) is 2.49. The van der Waals surface area contributed by atoms with E-state index in [0.29, 0.717) is 0 Å². The first-order valence-electron chi connectivity index (χ1n) is 21.8. The first-order chi connectivity index (χ1) is 31.0. The van der Waals surface area contributed by atoms with Crippen LogP contribution in [0.5, 0.6) is 0 Å². The molecular weight excluding hydrogens is 763 g/mol. The molecule has 2 heteroatoms. The van der Waals surface area contributed by atoms with Gasteiger partial charge in [0.15, 0.2) is 0 Å². The summed E-state index contributed by atoms with van der Waals surface area (Å²) in [7, 11) is 0. The van der Waals surface area contributed by atoms with Gasteiger partial charge in [-0.15, -0.1) is 0 Å². The lowest BCUT2D eigenvalue weighted by molar-refractivity contribution is 0.661. The second kappa shape index (κ2) is 14.6. The third-order valence-corrected chi connectivity index (χ3v) is 13.2. The highest BCUT2D eigenvalue weighted by Crippen LogP contribution is 2.55. The molecule has 0 atom stereocenters. The Morgan fingerprint density at radius 2 is 0.937 bits per heavy atom. The summed E-state index contributed by atoms with van der Waals surface area (Å²) in [6.45, 7) is 4.75. The maximum absolute atomic E-state index is 6.47. The first-order valence-corrected chi connectivity index (χ1v) is 21.8. The van der Waals surface area contributed by atoms with Crippen molar-refractivity contribution >= 4 is 49.8 Å². The minimum absolute atomic E-state index is 0.221. The van der Waals surface area contributed by atoms with Crippen molar-refractivity contribution in [2.75, 3.05) is 4.90 Å². The molecule has 2 nitrogen and oxygen atoms in total. The smallest absolute Gasteiger partial charge is 0.136 e. The highest BCUT2D eigenvalue weighted by Gasteiger charge is 2.39. The summed E-state index contributed by atoms with van der Waals surface area (Å²) < 4.78 is 6.47.